The van der Waals surface area contributed by atoms with Crippen molar-refractivity contribution in [2.24, 2.45) is 11.1 Å². The van der Waals surface area contributed by atoms with Crippen LogP contribution in [0.15, 0.2) is 0 Å². The summed E-state index contributed by atoms with van der Waals surface area (Å²) in [5.74, 6) is 0. The summed E-state index contributed by atoms with van der Waals surface area (Å²) in [6.07, 6.45) is 7.51. The summed E-state index contributed by atoms with van der Waals surface area (Å²) in [6, 6.07) is 0. The minimum atomic E-state index is 0.146. The molecule has 1 atom stereocenters. The van der Waals surface area contributed by atoms with Crippen molar-refractivity contribution in [3.63, 3.8) is 0 Å². The van der Waals surface area contributed by atoms with Gasteiger partial charge in [0.15, 0.2) is 0 Å². The molecule has 2 fully saturated rings. The van der Waals surface area contributed by atoms with Gasteiger partial charge in [-0.3, -0.25) is 0 Å². The van der Waals surface area contributed by atoms with E-state index in [2.05, 4.69) is 13.3 Å². The first-order valence-corrected chi connectivity index (χ1v) is 3.77. The molecule has 51 valence electrons. The molecule has 0 amide bonds. The second-order valence-electron chi connectivity index (χ2n) is 3.89. The molecule has 1 spiro atoms. The molecule has 1 heteroatoms. The van der Waals surface area contributed by atoms with Gasteiger partial charge in [0.25, 0.3) is 0 Å². The highest BCUT2D eigenvalue weighted by Crippen LogP contribution is 2.61. The van der Waals surface area contributed by atoms with Crippen LogP contribution in [0.2, 0.25) is 0 Å². The molecule has 2 aliphatic carbocycles. The number of hydrogen-bond donors (Lipinski definition) is 1. The summed E-state index contributed by atoms with van der Waals surface area (Å²) in [5.41, 5.74) is 6.80. The van der Waals surface area contributed by atoms with Crippen molar-refractivity contribution in [1.29, 1.82) is 0 Å². The highest BCUT2D eigenvalue weighted by molar-refractivity contribution is 5.17. The van der Waals surface area contributed by atoms with Crippen LogP contribution in [0.1, 0.15) is 32.6 Å². The largest absolute Gasteiger partial charge is 0.325 e. The molecule has 0 aromatic rings. The van der Waals surface area contributed by atoms with Crippen LogP contribution in [0.4, 0.5) is 0 Å². The van der Waals surface area contributed by atoms with Gasteiger partial charge in [0.05, 0.1) is 0 Å². The van der Waals surface area contributed by atoms with Crippen molar-refractivity contribution in [1.82, 2.24) is 0 Å². The molecule has 0 saturated heterocycles. The van der Waals surface area contributed by atoms with Crippen molar-refractivity contribution < 1.29 is 0 Å². The normalized spacial score (nSPS) is 46.0. The zero-order valence-electron chi connectivity index (χ0n) is 5.98. The fraction of sp³-hybridized carbons (Fsp3) is 0.875. The lowest BCUT2D eigenvalue weighted by atomic mass is 9.87. The second-order valence-corrected chi connectivity index (χ2v) is 3.89. The molecule has 1 nitrogen and oxygen atoms in total. The molecule has 0 bridgehead atoms. The first-order chi connectivity index (χ1) is 4.16. The Morgan fingerprint density at radius 1 is 1.33 bits per heavy atom. The van der Waals surface area contributed by atoms with E-state index in [0.717, 1.165) is 6.42 Å². The Bertz CT molecular complexity index is 130. The molecule has 0 heterocycles. The third-order valence-electron chi connectivity index (χ3n) is 3.17. The Morgan fingerprint density at radius 2 is 2.00 bits per heavy atom. The van der Waals surface area contributed by atoms with Crippen LogP contribution in [-0.2, 0) is 0 Å². The average Bonchev–Trinajstić information content (AvgIpc) is 2.41. The Hall–Kier alpha value is -0.0400. The number of rotatable bonds is 0. The molecule has 2 saturated carbocycles. The van der Waals surface area contributed by atoms with E-state index in [1.54, 1.807) is 0 Å². The Labute approximate surface area is 56.6 Å². The van der Waals surface area contributed by atoms with Gasteiger partial charge < -0.3 is 5.73 Å². The third kappa shape index (κ3) is 0.586. The Morgan fingerprint density at radius 3 is 2.22 bits per heavy atom. The van der Waals surface area contributed by atoms with Crippen LogP contribution in [0.25, 0.3) is 0 Å². The van der Waals surface area contributed by atoms with Gasteiger partial charge >= 0.3 is 0 Å². The van der Waals surface area contributed by atoms with Gasteiger partial charge in [-0.1, -0.05) is 0 Å². The van der Waals surface area contributed by atoms with E-state index in [1.807, 2.05) is 0 Å². The molecule has 0 aliphatic heterocycles. The van der Waals surface area contributed by atoms with Crippen LogP contribution in [0.3, 0.4) is 0 Å². The maximum absolute atomic E-state index is 6.09. The quantitative estimate of drug-likeness (QED) is 0.520. The third-order valence-corrected chi connectivity index (χ3v) is 3.17. The van der Waals surface area contributed by atoms with Gasteiger partial charge in [0.2, 0.25) is 0 Å². The average molecular weight is 124 g/mol. The molecule has 2 rings (SSSR count). The maximum Gasteiger partial charge on any atom is 0.0185 e. The number of nitrogens with two attached hydrogens (primary N) is 1. The van der Waals surface area contributed by atoms with Gasteiger partial charge in [-0.2, -0.15) is 0 Å². The van der Waals surface area contributed by atoms with E-state index in [4.69, 9.17) is 5.73 Å². The number of hydrogen-bond acceptors (Lipinski definition) is 1. The summed E-state index contributed by atoms with van der Waals surface area (Å²) in [4.78, 5) is 0. The molecule has 2 N–H and O–H groups in total. The summed E-state index contributed by atoms with van der Waals surface area (Å²) in [7, 11) is 0. The van der Waals surface area contributed by atoms with Crippen molar-refractivity contribution >= 4 is 0 Å². The van der Waals surface area contributed by atoms with Gasteiger partial charge in [-0.15, -0.1) is 0 Å². The fourth-order valence-corrected chi connectivity index (χ4v) is 2.02. The van der Waals surface area contributed by atoms with Crippen molar-refractivity contribution in [3.05, 3.63) is 6.42 Å². The van der Waals surface area contributed by atoms with E-state index >= 15 is 0 Å². The van der Waals surface area contributed by atoms with Crippen molar-refractivity contribution in [2.45, 2.75) is 38.1 Å². The van der Waals surface area contributed by atoms with Crippen molar-refractivity contribution in [2.75, 3.05) is 0 Å². The topological polar surface area (TPSA) is 26.0 Å². The lowest BCUT2D eigenvalue weighted by Crippen LogP contribution is -2.41. The molecule has 0 aromatic carbocycles. The molecule has 9 heavy (non-hydrogen) atoms. The summed E-state index contributed by atoms with van der Waals surface area (Å²) >= 11 is 0. The summed E-state index contributed by atoms with van der Waals surface area (Å²) in [6.45, 7) is 2.20. The van der Waals surface area contributed by atoms with Gasteiger partial charge in [0.1, 0.15) is 0 Å². The highest BCUT2D eigenvalue weighted by Gasteiger charge is 2.57. The monoisotopic (exact) mass is 124 g/mol. The SMILES string of the molecule is C[C@]1(N)C[CH]CC12CC2. The van der Waals surface area contributed by atoms with Crippen molar-refractivity contribution in [3.8, 4) is 0 Å². The minimum Gasteiger partial charge on any atom is -0.325 e. The van der Waals surface area contributed by atoms with E-state index < -0.39 is 0 Å². The lowest BCUT2D eigenvalue weighted by Gasteiger charge is -2.26. The molecular weight excluding hydrogens is 110 g/mol. The van der Waals surface area contributed by atoms with Crippen LogP contribution in [-0.4, -0.2) is 5.54 Å². The Kier molecular flexibility index (Phi) is 0.852. The van der Waals surface area contributed by atoms with Gasteiger partial charge in [-0.25, -0.2) is 0 Å². The van der Waals surface area contributed by atoms with Crippen LogP contribution >= 0.6 is 0 Å². The molecule has 1 radical (unpaired) electrons. The first-order valence-electron chi connectivity index (χ1n) is 3.77. The molecule has 0 unspecified atom stereocenters. The zero-order valence-corrected chi connectivity index (χ0v) is 5.98. The maximum atomic E-state index is 6.09. The van der Waals surface area contributed by atoms with E-state index in [1.165, 1.54) is 19.3 Å². The Balaban J connectivity index is 2.23. The molecule has 2 aliphatic rings. The second kappa shape index (κ2) is 1.34. The van der Waals surface area contributed by atoms with Crippen LogP contribution in [0.5, 0.6) is 0 Å². The zero-order chi connectivity index (χ0) is 6.54. The minimum absolute atomic E-state index is 0.146. The van der Waals surface area contributed by atoms with Gasteiger partial charge in [-0.05, 0) is 44.4 Å². The lowest BCUT2D eigenvalue weighted by molar-refractivity contribution is 0.323. The first kappa shape index (κ1) is 5.72. The van der Waals surface area contributed by atoms with Crippen LogP contribution in [0, 0.1) is 11.8 Å². The predicted octanol–water partition coefficient (Wildman–Crippen LogP) is 1.48. The summed E-state index contributed by atoms with van der Waals surface area (Å²) < 4.78 is 0. The standard InChI is InChI=1S/C8H14N/c1-7(9)3-2-4-8(7)5-6-8/h2H,3-6,9H2,1H3/t7-/m0/s1. The fourth-order valence-electron chi connectivity index (χ4n) is 2.02. The highest BCUT2D eigenvalue weighted by atomic mass is 14.8. The summed E-state index contributed by atoms with van der Waals surface area (Å²) in [5, 5.41) is 0. The van der Waals surface area contributed by atoms with E-state index in [9.17, 15) is 0 Å². The predicted molar refractivity (Wildman–Crippen MR) is 37.8 cm³/mol. The molecular formula is C8H14N. The molecule has 0 aromatic heterocycles. The van der Waals surface area contributed by atoms with E-state index in [-0.39, 0.29) is 5.54 Å². The smallest absolute Gasteiger partial charge is 0.0185 e. The van der Waals surface area contributed by atoms with Crippen LogP contribution < -0.4 is 5.73 Å². The van der Waals surface area contributed by atoms with E-state index in [0.29, 0.717) is 5.41 Å². The van der Waals surface area contributed by atoms with Gasteiger partial charge in [0, 0.05) is 5.54 Å².